The van der Waals surface area contributed by atoms with Crippen molar-refractivity contribution in [2.75, 3.05) is 13.1 Å². The molecule has 1 aromatic heterocycles. The average molecular weight is 341 g/mol. The summed E-state index contributed by atoms with van der Waals surface area (Å²) in [5.74, 6) is 0.518. The Morgan fingerprint density at radius 1 is 1.24 bits per heavy atom. The van der Waals surface area contributed by atoms with Gasteiger partial charge in [0.1, 0.15) is 6.54 Å². The van der Waals surface area contributed by atoms with Crippen LogP contribution in [0, 0.1) is 5.41 Å². The van der Waals surface area contributed by atoms with E-state index in [1.807, 2.05) is 35.2 Å². The zero-order chi connectivity index (χ0) is 17.3. The number of carbonyl (C=O) groups excluding carboxylic acids is 1. The second kappa shape index (κ2) is 6.55. The number of carbonyl (C=O) groups is 1. The summed E-state index contributed by atoms with van der Waals surface area (Å²) in [7, 11) is 0. The van der Waals surface area contributed by atoms with Crippen LogP contribution in [0.4, 0.5) is 0 Å². The van der Waals surface area contributed by atoms with E-state index in [4.69, 9.17) is 0 Å². The number of aliphatic hydroxyl groups excluding tert-OH is 1. The molecule has 1 saturated heterocycles. The molecule has 1 aliphatic heterocycles. The third kappa shape index (κ3) is 3.16. The van der Waals surface area contributed by atoms with Crippen molar-refractivity contribution in [1.82, 2.24) is 25.1 Å². The summed E-state index contributed by atoms with van der Waals surface area (Å²) in [4.78, 5) is 15.9. The first kappa shape index (κ1) is 16.2. The molecular formula is C18H23N5O2. The second-order valence-corrected chi connectivity index (χ2v) is 7.20. The van der Waals surface area contributed by atoms with Crippen molar-refractivity contribution in [3.05, 3.63) is 30.3 Å². The summed E-state index contributed by atoms with van der Waals surface area (Å²) in [5.41, 5.74) is 0.783. The van der Waals surface area contributed by atoms with Crippen molar-refractivity contribution >= 4 is 5.91 Å². The van der Waals surface area contributed by atoms with Gasteiger partial charge in [0.25, 0.3) is 0 Å². The molecule has 0 bridgehead atoms. The maximum atomic E-state index is 12.7. The van der Waals surface area contributed by atoms with Crippen molar-refractivity contribution in [1.29, 1.82) is 0 Å². The summed E-state index contributed by atoms with van der Waals surface area (Å²) in [6, 6.07) is 9.60. The van der Waals surface area contributed by atoms with Gasteiger partial charge in [-0.3, -0.25) is 4.79 Å². The molecule has 7 heteroatoms. The Morgan fingerprint density at radius 2 is 2.04 bits per heavy atom. The summed E-state index contributed by atoms with van der Waals surface area (Å²) >= 11 is 0. The quantitative estimate of drug-likeness (QED) is 0.914. The van der Waals surface area contributed by atoms with Crippen molar-refractivity contribution in [2.24, 2.45) is 5.41 Å². The monoisotopic (exact) mass is 341 g/mol. The zero-order valence-electron chi connectivity index (χ0n) is 14.2. The minimum Gasteiger partial charge on any atom is -0.392 e. The highest BCUT2D eigenvalue weighted by Crippen LogP contribution is 2.45. The number of amides is 1. The molecule has 7 nitrogen and oxygen atoms in total. The molecule has 2 heterocycles. The predicted octanol–water partition coefficient (Wildman–Crippen LogP) is 1.49. The SMILES string of the molecule is O=C(Cn1nnc(-c2ccccc2)n1)N1CCC[C@]2(CCC[C@H]2O)C1. The fourth-order valence-electron chi connectivity index (χ4n) is 4.20. The lowest BCUT2D eigenvalue weighted by atomic mass is 9.76. The molecule has 0 radical (unpaired) electrons. The van der Waals surface area contributed by atoms with Gasteiger partial charge < -0.3 is 10.0 Å². The predicted molar refractivity (Wildman–Crippen MR) is 91.4 cm³/mol. The molecule has 4 rings (SSSR count). The number of aliphatic hydroxyl groups is 1. The van der Waals surface area contributed by atoms with Crippen molar-refractivity contribution < 1.29 is 9.90 Å². The van der Waals surface area contributed by atoms with Gasteiger partial charge in [0.2, 0.25) is 11.7 Å². The van der Waals surface area contributed by atoms with Crippen LogP contribution in [0.3, 0.4) is 0 Å². The van der Waals surface area contributed by atoms with Crippen molar-refractivity contribution in [3.8, 4) is 11.4 Å². The fourth-order valence-corrected chi connectivity index (χ4v) is 4.20. The topological polar surface area (TPSA) is 84.1 Å². The number of benzene rings is 1. The van der Waals surface area contributed by atoms with Crippen LogP contribution < -0.4 is 0 Å². The van der Waals surface area contributed by atoms with Crippen LogP contribution in [0.5, 0.6) is 0 Å². The third-order valence-electron chi connectivity index (χ3n) is 5.58. The molecule has 2 fully saturated rings. The molecule has 1 amide bonds. The molecule has 2 aromatic rings. The van der Waals surface area contributed by atoms with Gasteiger partial charge in [-0.25, -0.2) is 0 Å². The molecular weight excluding hydrogens is 318 g/mol. The van der Waals surface area contributed by atoms with E-state index < -0.39 is 0 Å². The number of nitrogens with zero attached hydrogens (tertiary/aromatic N) is 5. The Hall–Kier alpha value is -2.28. The minimum atomic E-state index is -0.280. The number of hydrogen-bond acceptors (Lipinski definition) is 5. The summed E-state index contributed by atoms with van der Waals surface area (Å²) < 4.78 is 0. The van der Waals surface area contributed by atoms with E-state index in [0.717, 1.165) is 44.2 Å². The van der Waals surface area contributed by atoms with E-state index in [0.29, 0.717) is 12.4 Å². The first-order valence-electron chi connectivity index (χ1n) is 8.95. The van der Waals surface area contributed by atoms with E-state index in [2.05, 4.69) is 15.4 Å². The van der Waals surface area contributed by atoms with Gasteiger partial charge in [0.05, 0.1) is 6.10 Å². The van der Waals surface area contributed by atoms with E-state index in [-0.39, 0.29) is 24.0 Å². The molecule has 1 aromatic carbocycles. The summed E-state index contributed by atoms with van der Waals surface area (Å²) in [6.07, 6.45) is 4.59. The van der Waals surface area contributed by atoms with E-state index in [1.165, 1.54) is 4.80 Å². The average Bonchev–Trinajstić information content (AvgIpc) is 3.24. The maximum Gasteiger partial charge on any atom is 0.246 e. The molecule has 1 saturated carbocycles. The van der Waals surface area contributed by atoms with Crippen LogP contribution in [0.25, 0.3) is 11.4 Å². The molecule has 25 heavy (non-hydrogen) atoms. The summed E-state index contributed by atoms with van der Waals surface area (Å²) in [6.45, 7) is 1.48. The lowest BCUT2D eigenvalue weighted by molar-refractivity contribution is -0.137. The normalized spacial score (nSPS) is 26.3. The van der Waals surface area contributed by atoms with Gasteiger partial charge >= 0.3 is 0 Å². The Labute approximate surface area is 146 Å². The lowest BCUT2D eigenvalue weighted by Crippen LogP contribution is -2.50. The van der Waals surface area contributed by atoms with Crippen LogP contribution in [0.15, 0.2) is 30.3 Å². The van der Waals surface area contributed by atoms with Gasteiger partial charge in [-0.1, -0.05) is 36.8 Å². The number of piperidine rings is 1. The first-order chi connectivity index (χ1) is 12.2. The van der Waals surface area contributed by atoms with Gasteiger partial charge in [-0.2, -0.15) is 4.80 Å². The highest BCUT2D eigenvalue weighted by atomic mass is 16.3. The molecule has 1 aliphatic carbocycles. The van der Waals surface area contributed by atoms with E-state index in [9.17, 15) is 9.90 Å². The summed E-state index contributed by atoms with van der Waals surface area (Å²) in [5, 5.41) is 22.7. The number of rotatable bonds is 3. The van der Waals surface area contributed by atoms with Crippen LogP contribution in [0.2, 0.25) is 0 Å². The number of hydrogen-bond donors (Lipinski definition) is 1. The Kier molecular flexibility index (Phi) is 4.25. The van der Waals surface area contributed by atoms with Gasteiger partial charge in [0.15, 0.2) is 0 Å². The molecule has 132 valence electrons. The van der Waals surface area contributed by atoms with Gasteiger partial charge in [0, 0.05) is 24.1 Å². The third-order valence-corrected chi connectivity index (χ3v) is 5.58. The molecule has 0 unspecified atom stereocenters. The van der Waals surface area contributed by atoms with Crippen LogP contribution in [-0.4, -0.2) is 55.3 Å². The molecule has 1 N–H and O–H groups in total. The maximum absolute atomic E-state index is 12.7. The Balaban J connectivity index is 1.43. The van der Waals surface area contributed by atoms with E-state index >= 15 is 0 Å². The van der Waals surface area contributed by atoms with Crippen molar-refractivity contribution in [3.63, 3.8) is 0 Å². The minimum absolute atomic E-state index is 0.00446. The molecule has 2 atom stereocenters. The number of likely N-dealkylation sites (tertiary alicyclic amines) is 1. The second-order valence-electron chi connectivity index (χ2n) is 7.20. The van der Waals surface area contributed by atoms with Crippen molar-refractivity contribution in [2.45, 2.75) is 44.8 Å². The molecule has 2 aliphatic rings. The smallest absolute Gasteiger partial charge is 0.246 e. The van der Waals surface area contributed by atoms with E-state index in [1.54, 1.807) is 0 Å². The van der Waals surface area contributed by atoms with Crippen LogP contribution >= 0.6 is 0 Å². The number of tetrazole rings is 1. The molecule has 1 spiro atoms. The Morgan fingerprint density at radius 3 is 2.80 bits per heavy atom. The van der Waals surface area contributed by atoms with Gasteiger partial charge in [-0.15, -0.1) is 10.2 Å². The Bertz CT molecular complexity index is 747. The van der Waals surface area contributed by atoms with Gasteiger partial charge in [-0.05, 0) is 30.9 Å². The fraction of sp³-hybridized carbons (Fsp3) is 0.556. The number of aromatic nitrogens is 4. The highest BCUT2D eigenvalue weighted by molar-refractivity contribution is 5.76. The largest absolute Gasteiger partial charge is 0.392 e. The first-order valence-corrected chi connectivity index (χ1v) is 8.95. The van der Waals surface area contributed by atoms with Crippen LogP contribution in [0.1, 0.15) is 32.1 Å². The lowest BCUT2D eigenvalue weighted by Gasteiger charge is -2.42. The highest BCUT2D eigenvalue weighted by Gasteiger charge is 2.45. The zero-order valence-corrected chi connectivity index (χ0v) is 14.2. The standard InChI is InChI=1S/C18H23N5O2/c24-15-8-4-9-18(15)10-5-11-22(13-18)16(25)12-23-20-17(19-21-23)14-6-2-1-3-7-14/h1-3,6-7,15,24H,4-5,8-13H2/t15-,18-/m1/s1. The van der Waals surface area contributed by atoms with Crippen LogP contribution in [-0.2, 0) is 11.3 Å².